The number of nitrogens with one attached hydrogen (secondary N) is 1. The van der Waals surface area contributed by atoms with Gasteiger partial charge in [-0.15, -0.1) is 5.10 Å². The van der Waals surface area contributed by atoms with Gasteiger partial charge in [-0.3, -0.25) is 15.2 Å². The Labute approximate surface area is 174 Å². The van der Waals surface area contributed by atoms with E-state index in [1.807, 2.05) is 0 Å². The van der Waals surface area contributed by atoms with Crippen molar-refractivity contribution < 1.29 is 31.6 Å². The highest BCUT2D eigenvalue weighted by Crippen LogP contribution is 2.47. The van der Waals surface area contributed by atoms with Crippen molar-refractivity contribution in [3.05, 3.63) is 86.0 Å². The second-order valence-electron chi connectivity index (χ2n) is 6.53. The highest BCUT2D eigenvalue weighted by molar-refractivity contribution is 5.72. The lowest BCUT2D eigenvalue weighted by Gasteiger charge is -2.25. The second kappa shape index (κ2) is 7.34. The van der Waals surface area contributed by atoms with Crippen LogP contribution in [0.3, 0.4) is 0 Å². The van der Waals surface area contributed by atoms with E-state index in [4.69, 9.17) is 10.5 Å². The Morgan fingerprint density at radius 2 is 1.72 bits per heavy atom. The Morgan fingerprint density at radius 1 is 1.09 bits per heavy atom. The van der Waals surface area contributed by atoms with Crippen molar-refractivity contribution in [1.29, 1.82) is 5.26 Å². The fourth-order valence-electron chi connectivity index (χ4n) is 3.40. The Bertz CT molecular complexity index is 1350. The van der Waals surface area contributed by atoms with Crippen LogP contribution < -0.4 is 10.5 Å². The molecule has 0 saturated carbocycles. The standard InChI is InChI=1S/C19H8F5N5O3/c20-12-10(13(21)15(23)16(24)14(12)22)9-8(5-25)18(26)32-19-11(9)17(27-28-19)6-2-1-3-7(4-6)29(30)31/h1-4,9H,26H2,(H,27,28)/t9-/m0/s1. The number of nitriles is 1. The molecule has 1 aliphatic heterocycles. The molecule has 32 heavy (non-hydrogen) atoms. The van der Waals surface area contributed by atoms with E-state index in [2.05, 4.69) is 10.2 Å². The Kier molecular flexibility index (Phi) is 4.77. The van der Waals surface area contributed by atoms with E-state index in [1.54, 1.807) is 6.07 Å². The van der Waals surface area contributed by atoms with Crippen LogP contribution in [0.25, 0.3) is 11.3 Å². The van der Waals surface area contributed by atoms with Gasteiger partial charge in [0.25, 0.3) is 5.69 Å². The molecule has 2 aromatic carbocycles. The summed E-state index contributed by atoms with van der Waals surface area (Å²) in [6.45, 7) is 0. The summed E-state index contributed by atoms with van der Waals surface area (Å²) in [5.74, 6) is -14.1. The van der Waals surface area contributed by atoms with Crippen LogP contribution in [0.15, 0.2) is 35.7 Å². The molecular weight excluding hydrogens is 441 g/mol. The van der Waals surface area contributed by atoms with E-state index < -0.39 is 62.8 Å². The van der Waals surface area contributed by atoms with Gasteiger partial charge < -0.3 is 10.5 Å². The van der Waals surface area contributed by atoms with E-state index in [9.17, 15) is 37.3 Å². The summed E-state index contributed by atoms with van der Waals surface area (Å²) in [5, 5.41) is 26.8. The molecule has 3 N–H and O–H groups in total. The Morgan fingerprint density at radius 3 is 2.31 bits per heavy atom. The third-order valence-electron chi connectivity index (χ3n) is 4.82. The van der Waals surface area contributed by atoms with E-state index in [0.717, 1.165) is 6.07 Å². The predicted octanol–water partition coefficient (Wildman–Crippen LogP) is 3.90. The summed E-state index contributed by atoms with van der Waals surface area (Å²) in [7, 11) is 0. The van der Waals surface area contributed by atoms with E-state index in [1.165, 1.54) is 18.2 Å². The number of nitrogens with zero attached hydrogens (tertiary/aromatic N) is 3. The zero-order valence-electron chi connectivity index (χ0n) is 15.4. The fourth-order valence-corrected chi connectivity index (χ4v) is 3.40. The molecule has 1 atom stereocenters. The van der Waals surface area contributed by atoms with Crippen LogP contribution in [0.5, 0.6) is 5.88 Å². The van der Waals surface area contributed by atoms with Crippen LogP contribution in [0.2, 0.25) is 0 Å². The van der Waals surface area contributed by atoms with Gasteiger partial charge in [0.1, 0.15) is 11.6 Å². The molecule has 0 amide bonds. The molecule has 4 rings (SSSR count). The van der Waals surface area contributed by atoms with Crippen LogP contribution in [0.1, 0.15) is 17.0 Å². The van der Waals surface area contributed by atoms with Crippen molar-refractivity contribution in [2.75, 3.05) is 0 Å². The number of ether oxygens (including phenoxy) is 1. The minimum absolute atomic E-state index is 0.0724. The van der Waals surface area contributed by atoms with Crippen molar-refractivity contribution in [3.63, 3.8) is 0 Å². The third-order valence-corrected chi connectivity index (χ3v) is 4.82. The van der Waals surface area contributed by atoms with Gasteiger partial charge in [-0.05, 0) is 0 Å². The van der Waals surface area contributed by atoms with Crippen molar-refractivity contribution in [2.24, 2.45) is 5.73 Å². The first-order valence-corrected chi connectivity index (χ1v) is 8.59. The number of allylic oxidation sites excluding steroid dienone is 1. The maximum atomic E-state index is 14.7. The molecule has 3 aromatic rings. The molecule has 0 fully saturated rings. The Balaban J connectivity index is 2.05. The number of halogens is 5. The molecule has 162 valence electrons. The second-order valence-corrected chi connectivity index (χ2v) is 6.53. The van der Waals surface area contributed by atoms with E-state index in [0.29, 0.717) is 0 Å². The summed E-state index contributed by atoms with van der Waals surface area (Å²) >= 11 is 0. The first-order chi connectivity index (χ1) is 15.2. The van der Waals surface area contributed by atoms with Crippen molar-refractivity contribution >= 4 is 5.69 Å². The molecule has 0 unspecified atom stereocenters. The van der Waals surface area contributed by atoms with Crippen molar-refractivity contribution in [2.45, 2.75) is 5.92 Å². The molecule has 8 nitrogen and oxygen atoms in total. The highest BCUT2D eigenvalue weighted by Gasteiger charge is 2.41. The highest BCUT2D eigenvalue weighted by atomic mass is 19.2. The molecule has 13 heteroatoms. The first-order valence-electron chi connectivity index (χ1n) is 8.59. The lowest BCUT2D eigenvalue weighted by molar-refractivity contribution is -0.384. The van der Waals surface area contributed by atoms with Crippen LogP contribution in [0.4, 0.5) is 27.6 Å². The van der Waals surface area contributed by atoms with Gasteiger partial charge in [0.2, 0.25) is 17.6 Å². The molecule has 1 aromatic heterocycles. The van der Waals surface area contributed by atoms with Crippen LogP contribution in [-0.4, -0.2) is 15.1 Å². The number of aromatic nitrogens is 2. The van der Waals surface area contributed by atoms with Gasteiger partial charge in [-0.1, -0.05) is 12.1 Å². The van der Waals surface area contributed by atoms with Crippen LogP contribution in [-0.2, 0) is 0 Å². The SMILES string of the molecule is N#CC1=C(N)Oc2n[nH]c(-c3cccc([N+](=O)[O-])c3)c2[C@@H]1c1c(F)c(F)c(F)c(F)c1F. The van der Waals surface area contributed by atoms with Crippen LogP contribution in [0, 0.1) is 50.5 Å². The van der Waals surface area contributed by atoms with Gasteiger partial charge in [0.05, 0.1) is 22.1 Å². The van der Waals surface area contributed by atoms with Gasteiger partial charge in [-0.2, -0.15) is 5.26 Å². The molecule has 0 spiro atoms. The quantitative estimate of drug-likeness (QED) is 0.205. The minimum atomic E-state index is -2.38. The first kappa shape index (κ1) is 20.8. The fraction of sp³-hybridized carbons (Fsp3) is 0.0526. The minimum Gasteiger partial charge on any atom is -0.420 e. The molecule has 0 bridgehead atoms. The maximum Gasteiger partial charge on any atom is 0.270 e. The summed E-state index contributed by atoms with van der Waals surface area (Å²) in [5.41, 5.74) is 2.95. The number of fused-ring (bicyclic) bond motifs is 1. The van der Waals surface area contributed by atoms with Crippen molar-refractivity contribution in [3.8, 4) is 23.2 Å². The number of nitro groups is 1. The summed E-state index contributed by atoms with van der Waals surface area (Å²) in [6, 6.07) is 6.47. The number of hydrogen-bond acceptors (Lipinski definition) is 6. The zero-order chi connectivity index (χ0) is 23.3. The topological polar surface area (TPSA) is 131 Å². The van der Waals surface area contributed by atoms with Gasteiger partial charge in [-0.25, -0.2) is 22.0 Å². The summed E-state index contributed by atoms with van der Waals surface area (Å²) < 4.78 is 76.0. The molecular formula is C19H8F5N5O3. The monoisotopic (exact) mass is 449 g/mol. The maximum absolute atomic E-state index is 14.7. The van der Waals surface area contributed by atoms with Crippen LogP contribution >= 0.6 is 0 Å². The average Bonchev–Trinajstić information content (AvgIpc) is 3.19. The van der Waals surface area contributed by atoms with Crippen molar-refractivity contribution in [1.82, 2.24) is 10.2 Å². The average molecular weight is 449 g/mol. The summed E-state index contributed by atoms with van der Waals surface area (Å²) in [6.07, 6.45) is 0. The molecule has 0 radical (unpaired) electrons. The summed E-state index contributed by atoms with van der Waals surface area (Å²) in [4.78, 5) is 10.4. The molecule has 0 aliphatic carbocycles. The number of H-pyrrole nitrogens is 1. The number of nitro benzene ring substituents is 1. The number of benzene rings is 2. The lowest BCUT2D eigenvalue weighted by Crippen LogP contribution is -2.23. The number of rotatable bonds is 3. The Hall–Kier alpha value is -4.47. The smallest absolute Gasteiger partial charge is 0.270 e. The lowest BCUT2D eigenvalue weighted by atomic mass is 9.82. The number of non-ortho nitro benzene ring substituents is 1. The predicted molar refractivity (Wildman–Crippen MR) is 96.2 cm³/mol. The van der Waals surface area contributed by atoms with Gasteiger partial charge in [0.15, 0.2) is 23.3 Å². The van der Waals surface area contributed by atoms with E-state index in [-0.39, 0.29) is 22.5 Å². The van der Waals surface area contributed by atoms with Gasteiger partial charge in [0, 0.05) is 23.3 Å². The molecule has 2 heterocycles. The number of nitrogens with two attached hydrogens (primary N) is 1. The third kappa shape index (κ3) is 2.92. The largest absolute Gasteiger partial charge is 0.420 e. The normalized spacial score (nSPS) is 15.2. The zero-order valence-corrected chi connectivity index (χ0v) is 15.4. The molecule has 1 aliphatic rings. The number of hydrogen-bond donors (Lipinski definition) is 2. The number of aromatic amines is 1. The van der Waals surface area contributed by atoms with E-state index >= 15 is 0 Å². The molecule has 0 saturated heterocycles. The van der Waals surface area contributed by atoms with Gasteiger partial charge >= 0.3 is 0 Å².